The Hall–Kier alpha value is -4.69. The highest BCUT2D eigenvalue weighted by molar-refractivity contribution is 5.95. The number of aromatic hydroxyl groups is 1. The predicted molar refractivity (Wildman–Crippen MR) is 217 cm³/mol. The van der Waals surface area contributed by atoms with Crippen LogP contribution in [-0.2, 0) is 36.8 Å². The zero-order valence-electron chi connectivity index (χ0n) is 32.6. The molecule has 2 aromatic carbocycles. The Labute approximate surface area is 334 Å². The van der Waals surface area contributed by atoms with Gasteiger partial charge < -0.3 is 71.2 Å². The van der Waals surface area contributed by atoms with E-state index in [9.17, 15) is 34.2 Å². The number of aliphatic hydroxyl groups is 1. The SMILES string of the molecule is NCCC[C@H](N)CNC(=O)[C@@H](N)CCCCNC(=O)[C@@H](CCCN)NC(=O)[C@@H]1Cc2cccc(c2)-c2ccc(O)c(c2)C[C@H](N)C(=O)N[C@@H](C[C@@H](O)CN)C(=O)N1. The smallest absolute Gasteiger partial charge is 0.243 e. The van der Waals surface area contributed by atoms with E-state index in [0.29, 0.717) is 56.3 Å². The second-order valence-electron chi connectivity index (χ2n) is 14.6. The number of aliphatic hydroxyl groups excluding tert-OH is 1. The van der Waals surface area contributed by atoms with E-state index in [4.69, 9.17) is 34.4 Å². The number of hydrogen-bond donors (Lipinski definition) is 13. The standard InChI is InChI=1S/C39H63N11O7/c40-13-4-8-27(43)22-47-35(53)29(44)9-1-2-15-46-37(55)31(10-5-14-41)48-38(56)32-17-23-6-3-7-24(16-23)25-11-12-34(52)26(18-25)19-30(45)36(54)49-33(39(57)50-32)20-28(51)21-42/h3,6-7,11-12,16,18,27-33,51-52H,1-2,4-5,8-10,13-15,17,19-22,40-45H2,(H,46,55)(H,47,53)(H,48,56)(H,49,54)(H,50,57)/t27-,28+,29-,30-,31+,32-,33-/m0/s1. The van der Waals surface area contributed by atoms with Crippen molar-refractivity contribution in [3.05, 3.63) is 53.6 Å². The van der Waals surface area contributed by atoms with Crippen LogP contribution in [0.3, 0.4) is 0 Å². The van der Waals surface area contributed by atoms with E-state index in [2.05, 4.69) is 26.6 Å². The van der Waals surface area contributed by atoms with E-state index in [0.717, 1.165) is 17.5 Å². The molecular formula is C39H63N11O7. The van der Waals surface area contributed by atoms with Crippen molar-refractivity contribution in [1.29, 1.82) is 0 Å². The molecule has 18 heteroatoms. The molecule has 19 N–H and O–H groups in total. The molecule has 316 valence electrons. The lowest BCUT2D eigenvalue weighted by Gasteiger charge is -2.27. The zero-order valence-corrected chi connectivity index (χ0v) is 32.6. The number of phenols is 1. The number of rotatable bonds is 20. The van der Waals surface area contributed by atoms with Gasteiger partial charge in [0.2, 0.25) is 29.5 Å². The molecule has 0 unspecified atom stereocenters. The Morgan fingerprint density at radius 2 is 1.54 bits per heavy atom. The Morgan fingerprint density at radius 1 is 0.825 bits per heavy atom. The third-order valence-corrected chi connectivity index (χ3v) is 9.83. The van der Waals surface area contributed by atoms with Gasteiger partial charge in [-0.25, -0.2) is 0 Å². The third-order valence-electron chi connectivity index (χ3n) is 9.83. The maximum absolute atomic E-state index is 14.0. The number of nitrogens with two attached hydrogens (primary N) is 6. The van der Waals surface area contributed by atoms with Crippen LogP contribution < -0.4 is 61.0 Å². The third kappa shape index (κ3) is 15.6. The van der Waals surface area contributed by atoms with Gasteiger partial charge in [0.1, 0.15) is 23.9 Å². The molecular weight excluding hydrogens is 734 g/mol. The van der Waals surface area contributed by atoms with Crippen molar-refractivity contribution in [2.75, 3.05) is 32.7 Å². The number of unbranched alkanes of at least 4 members (excludes halogenated alkanes) is 1. The van der Waals surface area contributed by atoms with Crippen LogP contribution in [0.15, 0.2) is 42.5 Å². The molecule has 0 saturated carbocycles. The first-order valence-electron chi connectivity index (χ1n) is 19.7. The van der Waals surface area contributed by atoms with Gasteiger partial charge in [0.05, 0.1) is 18.2 Å². The van der Waals surface area contributed by atoms with Gasteiger partial charge in [0, 0.05) is 44.9 Å². The minimum absolute atomic E-state index is 0.00528. The molecule has 0 saturated heterocycles. The molecule has 18 nitrogen and oxygen atoms in total. The summed E-state index contributed by atoms with van der Waals surface area (Å²) in [5, 5.41) is 34.6. The van der Waals surface area contributed by atoms with Crippen LogP contribution in [-0.4, -0.2) is 115 Å². The van der Waals surface area contributed by atoms with Crippen molar-refractivity contribution in [2.24, 2.45) is 34.4 Å². The quantitative estimate of drug-likeness (QED) is 0.0603. The van der Waals surface area contributed by atoms with Gasteiger partial charge in [-0.15, -0.1) is 0 Å². The molecule has 1 aliphatic rings. The maximum atomic E-state index is 14.0. The second kappa shape index (κ2) is 24.2. The molecule has 0 radical (unpaired) electrons. The number of fused-ring (bicyclic) bond motifs is 5. The Morgan fingerprint density at radius 3 is 2.26 bits per heavy atom. The lowest BCUT2D eigenvalue weighted by molar-refractivity contribution is -0.134. The fraction of sp³-hybridized carbons (Fsp3) is 0.564. The van der Waals surface area contributed by atoms with Crippen LogP contribution in [0.1, 0.15) is 62.5 Å². The highest BCUT2D eigenvalue weighted by Crippen LogP contribution is 2.28. The number of carbonyl (C=O) groups is 5. The molecule has 0 aliphatic carbocycles. The zero-order chi connectivity index (χ0) is 41.9. The van der Waals surface area contributed by atoms with Crippen LogP contribution in [0.4, 0.5) is 0 Å². The fourth-order valence-electron chi connectivity index (χ4n) is 6.40. The summed E-state index contributed by atoms with van der Waals surface area (Å²) in [4.78, 5) is 66.9. The van der Waals surface area contributed by atoms with Gasteiger partial charge in [0.15, 0.2) is 0 Å². The van der Waals surface area contributed by atoms with Gasteiger partial charge in [-0.2, -0.15) is 0 Å². The molecule has 5 amide bonds. The number of hydrogen-bond acceptors (Lipinski definition) is 13. The molecule has 57 heavy (non-hydrogen) atoms. The summed E-state index contributed by atoms with van der Waals surface area (Å²) in [5.41, 5.74) is 37.7. The van der Waals surface area contributed by atoms with E-state index in [1.807, 2.05) is 12.1 Å². The predicted octanol–water partition coefficient (Wildman–Crippen LogP) is -2.82. The maximum Gasteiger partial charge on any atom is 0.243 e. The van der Waals surface area contributed by atoms with Gasteiger partial charge >= 0.3 is 0 Å². The first-order valence-corrected chi connectivity index (χ1v) is 19.7. The summed E-state index contributed by atoms with van der Waals surface area (Å²) in [5.74, 6) is -2.97. The molecule has 7 atom stereocenters. The molecule has 3 rings (SSSR count). The van der Waals surface area contributed by atoms with Crippen LogP contribution >= 0.6 is 0 Å². The first kappa shape index (κ1) is 46.7. The molecule has 0 aromatic heterocycles. The first-order chi connectivity index (χ1) is 27.3. The van der Waals surface area contributed by atoms with Crippen molar-refractivity contribution in [3.8, 4) is 16.9 Å². The Balaban J connectivity index is 1.76. The lowest BCUT2D eigenvalue weighted by atomic mass is 9.96. The summed E-state index contributed by atoms with van der Waals surface area (Å²) < 4.78 is 0. The van der Waals surface area contributed by atoms with Crippen molar-refractivity contribution in [1.82, 2.24) is 26.6 Å². The second-order valence-corrected chi connectivity index (χ2v) is 14.6. The van der Waals surface area contributed by atoms with Crippen LogP contribution in [0.25, 0.3) is 11.1 Å². The van der Waals surface area contributed by atoms with Crippen molar-refractivity contribution in [2.45, 2.75) is 107 Å². The number of nitrogens with one attached hydrogen (secondary N) is 5. The summed E-state index contributed by atoms with van der Waals surface area (Å²) in [6.07, 6.45) is 2.04. The van der Waals surface area contributed by atoms with Gasteiger partial charge in [-0.1, -0.05) is 30.3 Å². The number of amides is 5. The fourth-order valence-corrected chi connectivity index (χ4v) is 6.40. The molecule has 1 aliphatic heterocycles. The normalized spacial score (nSPS) is 19.4. The summed E-state index contributed by atoms with van der Waals surface area (Å²) in [6.45, 7) is 1.14. The minimum Gasteiger partial charge on any atom is -0.508 e. The Bertz CT molecular complexity index is 1630. The van der Waals surface area contributed by atoms with Gasteiger partial charge in [-0.3, -0.25) is 24.0 Å². The minimum atomic E-state index is -1.33. The van der Waals surface area contributed by atoms with Crippen molar-refractivity contribution in [3.63, 3.8) is 0 Å². The van der Waals surface area contributed by atoms with Crippen LogP contribution in [0.2, 0.25) is 0 Å². The van der Waals surface area contributed by atoms with Crippen molar-refractivity contribution >= 4 is 29.5 Å². The van der Waals surface area contributed by atoms with Gasteiger partial charge in [0.25, 0.3) is 0 Å². The molecule has 2 aromatic rings. The molecule has 1 heterocycles. The highest BCUT2D eigenvalue weighted by atomic mass is 16.3. The molecule has 4 bridgehead atoms. The summed E-state index contributed by atoms with van der Waals surface area (Å²) in [7, 11) is 0. The van der Waals surface area contributed by atoms with E-state index in [-0.39, 0.29) is 63.0 Å². The van der Waals surface area contributed by atoms with Crippen LogP contribution in [0.5, 0.6) is 5.75 Å². The van der Waals surface area contributed by atoms with E-state index in [1.165, 1.54) is 6.07 Å². The highest BCUT2D eigenvalue weighted by Gasteiger charge is 2.32. The molecule has 0 fully saturated rings. The number of carbonyl (C=O) groups excluding carboxylic acids is 5. The van der Waals surface area contributed by atoms with E-state index < -0.39 is 59.9 Å². The largest absolute Gasteiger partial charge is 0.508 e. The summed E-state index contributed by atoms with van der Waals surface area (Å²) in [6, 6.07) is 6.54. The van der Waals surface area contributed by atoms with E-state index in [1.54, 1.807) is 24.3 Å². The summed E-state index contributed by atoms with van der Waals surface area (Å²) >= 11 is 0. The average Bonchev–Trinajstić information content (AvgIpc) is 3.20. The average molecular weight is 798 g/mol. The Kier molecular flexibility index (Phi) is 19.8. The van der Waals surface area contributed by atoms with Gasteiger partial charge in [-0.05, 0) is 92.4 Å². The lowest BCUT2D eigenvalue weighted by Crippen LogP contribution is -2.59. The number of phenolic OH excluding ortho intramolecular Hbond substituents is 1. The van der Waals surface area contributed by atoms with Crippen LogP contribution in [0, 0.1) is 0 Å². The topological polar surface area (TPSA) is 342 Å². The van der Waals surface area contributed by atoms with E-state index >= 15 is 0 Å². The monoisotopic (exact) mass is 797 g/mol. The number of benzene rings is 2. The molecule has 0 spiro atoms. The van der Waals surface area contributed by atoms with Crippen molar-refractivity contribution < 1.29 is 34.2 Å².